The predicted molar refractivity (Wildman–Crippen MR) is 66.4 cm³/mol. The van der Waals surface area contributed by atoms with Crippen molar-refractivity contribution in [2.24, 2.45) is 5.92 Å². The van der Waals surface area contributed by atoms with E-state index >= 15 is 0 Å². The van der Waals surface area contributed by atoms with E-state index in [2.05, 4.69) is 12.2 Å². The van der Waals surface area contributed by atoms with Crippen LogP contribution in [0.25, 0.3) is 0 Å². The highest BCUT2D eigenvalue weighted by Gasteiger charge is 2.21. The number of aliphatic hydroxyl groups is 2. The fraction of sp³-hybridized carbons (Fsp3) is 1.00. The van der Waals surface area contributed by atoms with Gasteiger partial charge >= 0.3 is 0 Å². The Hall–Kier alpha value is -0.120. The van der Waals surface area contributed by atoms with Crippen LogP contribution in [0.2, 0.25) is 0 Å². The summed E-state index contributed by atoms with van der Waals surface area (Å²) in [6.07, 6.45) is 7.91. The van der Waals surface area contributed by atoms with Crippen molar-refractivity contribution in [3.05, 3.63) is 0 Å². The largest absolute Gasteiger partial charge is 0.396 e. The smallest absolute Gasteiger partial charge is 0.0692 e. The summed E-state index contributed by atoms with van der Waals surface area (Å²) in [7, 11) is 0. The molecule has 0 heterocycles. The maximum absolute atomic E-state index is 10.0. The van der Waals surface area contributed by atoms with Crippen LogP contribution in [0.1, 0.15) is 51.9 Å². The number of aliphatic hydroxyl groups excluding tert-OH is 2. The molecule has 0 aliphatic heterocycles. The molecular weight excluding hydrogens is 202 g/mol. The molecule has 0 amide bonds. The van der Waals surface area contributed by atoms with Crippen LogP contribution in [0.15, 0.2) is 0 Å². The summed E-state index contributed by atoms with van der Waals surface area (Å²) >= 11 is 0. The van der Waals surface area contributed by atoms with Crippen molar-refractivity contribution in [3.8, 4) is 0 Å². The van der Waals surface area contributed by atoms with Crippen LogP contribution in [0, 0.1) is 5.92 Å². The topological polar surface area (TPSA) is 52.5 Å². The Kier molecular flexibility index (Phi) is 7.01. The Morgan fingerprint density at radius 3 is 2.56 bits per heavy atom. The molecule has 3 nitrogen and oxygen atoms in total. The molecule has 1 fully saturated rings. The van der Waals surface area contributed by atoms with Gasteiger partial charge in [0.05, 0.1) is 6.10 Å². The summed E-state index contributed by atoms with van der Waals surface area (Å²) in [4.78, 5) is 0. The molecule has 1 aliphatic rings. The van der Waals surface area contributed by atoms with Gasteiger partial charge in [-0.3, -0.25) is 0 Å². The molecular formula is C13H27NO2. The summed E-state index contributed by atoms with van der Waals surface area (Å²) in [5, 5.41) is 22.1. The van der Waals surface area contributed by atoms with Gasteiger partial charge in [-0.15, -0.1) is 0 Å². The van der Waals surface area contributed by atoms with Gasteiger partial charge in [0.15, 0.2) is 0 Å². The Morgan fingerprint density at radius 1 is 1.25 bits per heavy atom. The molecule has 0 radical (unpaired) electrons. The third kappa shape index (κ3) is 5.28. The summed E-state index contributed by atoms with van der Waals surface area (Å²) < 4.78 is 0. The quantitative estimate of drug-likeness (QED) is 0.622. The molecule has 1 aliphatic carbocycles. The van der Waals surface area contributed by atoms with Crippen molar-refractivity contribution in [3.63, 3.8) is 0 Å². The van der Waals surface area contributed by atoms with E-state index in [0.29, 0.717) is 18.5 Å². The third-order valence-electron chi connectivity index (χ3n) is 3.66. The summed E-state index contributed by atoms with van der Waals surface area (Å²) in [5.74, 6) is 0.506. The molecule has 0 saturated heterocycles. The van der Waals surface area contributed by atoms with Gasteiger partial charge in [0.2, 0.25) is 0 Å². The Bertz CT molecular complexity index is 169. The highest BCUT2D eigenvalue weighted by Crippen LogP contribution is 2.26. The van der Waals surface area contributed by atoms with Gasteiger partial charge in [-0.05, 0) is 38.5 Å². The standard InChI is InChI=1S/C13H27NO2/c1-11(6-5-9-15)14-10-13(16)12-7-3-2-4-8-12/h11-16H,2-10H2,1H3. The Morgan fingerprint density at radius 2 is 1.94 bits per heavy atom. The van der Waals surface area contributed by atoms with Gasteiger partial charge in [-0.25, -0.2) is 0 Å². The second kappa shape index (κ2) is 8.04. The van der Waals surface area contributed by atoms with E-state index in [1.54, 1.807) is 0 Å². The number of hydrogen-bond acceptors (Lipinski definition) is 3. The minimum Gasteiger partial charge on any atom is -0.396 e. The lowest BCUT2D eigenvalue weighted by Gasteiger charge is -2.27. The minimum absolute atomic E-state index is 0.183. The Labute approximate surface area is 99.3 Å². The average molecular weight is 229 g/mol. The SMILES string of the molecule is CC(CCCO)NCC(O)C1CCCCC1. The first-order chi connectivity index (χ1) is 7.74. The van der Waals surface area contributed by atoms with Crippen LogP contribution in [0.5, 0.6) is 0 Å². The molecule has 0 aromatic rings. The van der Waals surface area contributed by atoms with Gasteiger partial charge in [0, 0.05) is 19.2 Å². The molecule has 1 rings (SSSR count). The van der Waals surface area contributed by atoms with Crippen molar-refractivity contribution < 1.29 is 10.2 Å². The first-order valence-corrected chi connectivity index (χ1v) is 6.76. The van der Waals surface area contributed by atoms with E-state index in [-0.39, 0.29) is 12.7 Å². The lowest BCUT2D eigenvalue weighted by Crippen LogP contribution is -2.38. The fourth-order valence-electron chi connectivity index (χ4n) is 2.51. The molecule has 96 valence electrons. The summed E-state index contributed by atoms with van der Waals surface area (Å²) in [5.41, 5.74) is 0. The second-order valence-corrected chi connectivity index (χ2v) is 5.14. The maximum Gasteiger partial charge on any atom is 0.0692 e. The molecule has 16 heavy (non-hydrogen) atoms. The molecule has 2 atom stereocenters. The number of rotatable bonds is 7. The first kappa shape index (κ1) is 13.9. The van der Waals surface area contributed by atoms with Gasteiger partial charge in [0.1, 0.15) is 0 Å². The first-order valence-electron chi connectivity index (χ1n) is 6.76. The maximum atomic E-state index is 10.0. The Balaban J connectivity index is 2.10. The average Bonchev–Trinajstić information content (AvgIpc) is 2.34. The minimum atomic E-state index is -0.183. The number of nitrogens with one attached hydrogen (secondary N) is 1. The van der Waals surface area contributed by atoms with E-state index < -0.39 is 0 Å². The van der Waals surface area contributed by atoms with Crippen LogP contribution in [0.4, 0.5) is 0 Å². The zero-order valence-electron chi connectivity index (χ0n) is 10.5. The van der Waals surface area contributed by atoms with Crippen molar-refractivity contribution in [1.29, 1.82) is 0 Å². The van der Waals surface area contributed by atoms with Gasteiger partial charge in [-0.2, -0.15) is 0 Å². The van der Waals surface area contributed by atoms with Crippen molar-refractivity contribution in [2.45, 2.75) is 64.0 Å². The molecule has 3 heteroatoms. The molecule has 0 aromatic carbocycles. The van der Waals surface area contributed by atoms with E-state index in [1.807, 2.05) is 0 Å². The van der Waals surface area contributed by atoms with Crippen molar-refractivity contribution in [1.82, 2.24) is 5.32 Å². The van der Waals surface area contributed by atoms with Gasteiger partial charge in [-0.1, -0.05) is 19.3 Å². The van der Waals surface area contributed by atoms with Gasteiger partial charge in [0.25, 0.3) is 0 Å². The van der Waals surface area contributed by atoms with E-state index in [9.17, 15) is 5.11 Å². The van der Waals surface area contributed by atoms with Crippen LogP contribution >= 0.6 is 0 Å². The molecule has 0 bridgehead atoms. The molecule has 3 N–H and O–H groups in total. The van der Waals surface area contributed by atoms with E-state index in [4.69, 9.17) is 5.11 Å². The summed E-state index contributed by atoms with van der Waals surface area (Å²) in [6.45, 7) is 3.08. The number of hydrogen-bond donors (Lipinski definition) is 3. The van der Waals surface area contributed by atoms with Crippen LogP contribution in [0.3, 0.4) is 0 Å². The van der Waals surface area contributed by atoms with E-state index in [0.717, 1.165) is 12.8 Å². The fourth-order valence-corrected chi connectivity index (χ4v) is 2.51. The lowest BCUT2D eigenvalue weighted by molar-refractivity contribution is 0.0814. The zero-order chi connectivity index (χ0) is 11.8. The molecule has 2 unspecified atom stereocenters. The monoisotopic (exact) mass is 229 g/mol. The normalized spacial score (nSPS) is 21.9. The van der Waals surface area contributed by atoms with E-state index in [1.165, 1.54) is 32.1 Å². The molecule has 0 spiro atoms. The van der Waals surface area contributed by atoms with Crippen molar-refractivity contribution >= 4 is 0 Å². The van der Waals surface area contributed by atoms with Crippen molar-refractivity contribution in [2.75, 3.05) is 13.2 Å². The lowest BCUT2D eigenvalue weighted by atomic mass is 9.85. The summed E-state index contributed by atoms with van der Waals surface area (Å²) in [6, 6.07) is 0.394. The molecule has 0 aromatic heterocycles. The van der Waals surface area contributed by atoms with Crippen LogP contribution in [-0.2, 0) is 0 Å². The predicted octanol–water partition coefficient (Wildman–Crippen LogP) is 1.68. The van der Waals surface area contributed by atoms with Gasteiger partial charge < -0.3 is 15.5 Å². The third-order valence-corrected chi connectivity index (χ3v) is 3.66. The highest BCUT2D eigenvalue weighted by molar-refractivity contribution is 4.76. The molecule has 1 saturated carbocycles. The van der Waals surface area contributed by atoms with Crippen LogP contribution in [-0.4, -0.2) is 35.5 Å². The zero-order valence-corrected chi connectivity index (χ0v) is 10.5. The second-order valence-electron chi connectivity index (χ2n) is 5.14. The van der Waals surface area contributed by atoms with Crippen LogP contribution < -0.4 is 5.32 Å². The highest BCUT2D eigenvalue weighted by atomic mass is 16.3.